The van der Waals surface area contributed by atoms with Crippen LogP contribution in [-0.4, -0.2) is 46.0 Å². The fraction of sp³-hybridized carbons (Fsp3) is 0.526. The van der Waals surface area contributed by atoms with Crippen molar-refractivity contribution in [2.75, 3.05) is 31.5 Å². The van der Waals surface area contributed by atoms with Crippen LogP contribution in [0.3, 0.4) is 0 Å². The highest BCUT2D eigenvalue weighted by Gasteiger charge is 2.18. The smallest absolute Gasteiger partial charge is 0.229 e. The zero-order valence-corrected chi connectivity index (χ0v) is 15.0. The van der Waals surface area contributed by atoms with Crippen LogP contribution in [0.25, 0.3) is 22.2 Å². The van der Waals surface area contributed by atoms with Crippen molar-refractivity contribution < 1.29 is 4.42 Å². The van der Waals surface area contributed by atoms with E-state index in [1.54, 1.807) is 6.33 Å². The molecule has 1 aliphatic rings. The third-order valence-electron chi connectivity index (χ3n) is 5.14. The molecule has 0 saturated heterocycles. The van der Waals surface area contributed by atoms with E-state index in [2.05, 4.69) is 40.1 Å². The molecule has 3 aromatic rings. The van der Waals surface area contributed by atoms with E-state index in [0.29, 0.717) is 11.3 Å². The summed E-state index contributed by atoms with van der Waals surface area (Å²) in [5.74, 6) is 0.758. The van der Waals surface area contributed by atoms with Gasteiger partial charge in [-0.25, -0.2) is 15.0 Å². The van der Waals surface area contributed by atoms with Crippen LogP contribution in [0.15, 0.2) is 16.8 Å². The largest absolute Gasteiger partial charge is 0.432 e. The lowest BCUT2D eigenvalue weighted by Gasteiger charge is -2.18. The number of likely N-dealkylation sites (N-methyl/N-ethyl adjacent to an activating group) is 1. The molecule has 0 fully saturated rings. The van der Waals surface area contributed by atoms with Crippen LogP contribution < -0.4 is 5.32 Å². The summed E-state index contributed by atoms with van der Waals surface area (Å²) in [6, 6.07) is 2.22. The molecule has 0 unspecified atom stereocenters. The van der Waals surface area contributed by atoms with E-state index >= 15 is 0 Å². The molecule has 1 N–H and O–H groups in total. The first-order valence-electron chi connectivity index (χ1n) is 9.32. The minimum absolute atomic E-state index is 0.683. The van der Waals surface area contributed by atoms with Crippen LogP contribution in [0.5, 0.6) is 0 Å². The van der Waals surface area contributed by atoms with E-state index in [1.165, 1.54) is 24.1 Å². The van der Waals surface area contributed by atoms with Crippen molar-refractivity contribution in [2.24, 2.45) is 0 Å². The molecule has 0 aliphatic heterocycles. The Kier molecular flexibility index (Phi) is 4.53. The Morgan fingerprint density at radius 1 is 1.16 bits per heavy atom. The predicted octanol–water partition coefficient (Wildman–Crippen LogP) is 3.40. The average Bonchev–Trinajstić information content (AvgIpc) is 3.01. The molecule has 0 spiro atoms. The normalized spacial score (nSPS) is 14.4. The molecular formula is C19H25N5O. The van der Waals surface area contributed by atoms with Crippen molar-refractivity contribution in [3.8, 4) is 0 Å². The highest BCUT2D eigenvalue weighted by atomic mass is 16.3. The van der Waals surface area contributed by atoms with Gasteiger partial charge in [0, 0.05) is 18.8 Å². The minimum atomic E-state index is 0.683. The van der Waals surface area contributed by atoms with E-state index in [0.717, 1.165) is 55.7 Å². The summed E-state index contributed by atoms with van der Waals surface area (Å²) in [6.45, 7) is 8.27. The van der Waals surface area contributed by atoms with Crippen LogP contribution in [0.4, 0.5) is 5.82 Å². The molecule has 0 aromatic carbocycles. The lowest BCUT2D eigenvalue weighted by molar-refractivity contribution is 0.316. The summed E-state index contributed by atoms with van der Waals surface area (Å²) in [5, 5.41) is 4.41. The average molecular weight is 339 g/mol. The van der Waals surface area contributed by atoms with Crippen LogP contribution in [0.2, 0.25) is 0 Å². The van der Waals surface area contributed by atoms with Crippen molar-refractivity contribution >= 4 is 28.0 Å². The van der Waals surface area contributed by atoms with E-state index < -0.39 is 0 Å². The molecule has 6 nitrogen and oxygen atoms in total. The monoisotopic (exact) mass is 339 g/mol. The van der Waals surface area contributed by atoms with Gasteiger partial charge in [-0.2, -0.15) is 0 Å². The fourth-order valence-electron chi connectivity index (χ4n) is 3.62. The zero-order chi connectivity index (χ0) is 17.2. The maximum Gasteiger partial charge on any atom is 0.229 e. The number of nitrogens with zero attached hydrogens (tertiary/aromatic N) is 4. The standard InChI is InChI=1S/C19H25N5O/c1-3-24(4-2)10-9-20-18-17-16(21-12-22-18)14-11-13-7-5-6-8-15(13)23-19(14)25-17/h11-12H,3-10H2,1-2H3,(H,20,21,22). The topological polar surface area (TPSA) is 67.1 Å². The lowest BCUT2D eigenvalue weighted by Crippen LogP contribution is -2.28. The van der Waals surface area contributed by atoms with E-state index in [-0.39, 0.29) is 0 Å². The number of anilines is 1. The molecule has 3 aromatic heterocycles. The van der Waals surface area contributed by atoms with Gasteiger partial charge < -0.3 is 14.6 Å². The molecule has 0 atom stereocenters. The van der Waals surface area contributed by atoms with Gasteiger partial charge in [-0.05, 0) is 50.4 Å². The summed E-state index contributed by atoms with van der Waals surface area (Å²) < 4.78 is 6.05. The lowest BCUT2D eigenvalue weighted by atomic mass is 9.95. The molecule has 132 valence electrons. The van der Waals surface area contributed by atoms with Crippen molar-refractivity contribution in [3.63, 3.8) is 0 Å². The third-order valence-corrected chi connectivity index (χ3v) is 5.14. The van der Waals surface area contributed by atoms with Gasteiger partial charge >= 0.3 is 0 Å². The van der Waals surface area contributed by atoms with Crippen LogP contribution in [-0.2, 0) is 12.8 Å². The summed E-state index contributed by atoms with van der Waals surface area (Å²) >= 11 is 0. The highest BCUT2D eigenvalue weighted by molar-refractivity contribution is 6.04. The summed E-state index contributed by atoms with van der Waals surface area (Å²) in [7, 11) is 0. The molecule has 25 heavy (non-hydrogen) atoms. The van der Waals surface area contributed by atoms with Gasteiger partial charge in [0.15, 0.2) is 11.4 Å². The van der Waals surface area contributed by atoms with Crippen molar-refractivity contribution in [1.29, 1.82) is 0 Å². The fourth-order valence-corrected chi connectivity index (χ4v) is 3.62. The summed E-state index contributed by atoms with van der Waals surface area (Å²) in [4.78, 5) is 16.0. The van der Waals surface area contributed by atoms with Gasteiger partial charge in [-0.1, -0.05) is 13.8 Å². The SMILES string of the molecule is CCN(CC)CCNc1ncnc2c1oc1nc3c(cc12)CCCC3. The maximum atomic E-state index is 6.05. The number of hydrogen-bond donors (Lipinski definition) is 1. The van der Waals surface area contributed by atoms with Gasteiger partial charge in [0.2, 0.25) is 5.71 Å². The molecule has 6 heteroatoms. The Morgan fingerprint density at radius 2 is 2.00 bits per heavy atom. The number of furan rings is 1. The molecule has 4 rings (SSSR count). The Labute approximate surface area is 147 Å². The Morgan fingerprint density at radius 3 is 2.84 bits per heavy atom. The van der Waals surface area contributed by atoms with Gasteiger partial charge in [0.1, 0.15) is 11.8 Å². The maximum absolute atomic E-state index is 6.05. The molecule has 1 aliphatic carbocycles. The Balaban J connectivity index is 1.67. The zero-order valence-electron chi connectivity index (χ0n) is 15.0. The number of hydrogen-bond acceptors (Lipinski definition) is 6. The number of aromatic nitrogens is 3. The first-order valence-corrected chi connectivity index (χ1v) is 9.32. The van der Waals surface area contributed by atoms with E-state index in [9.17, 15) is 0 Å². The van der Waals surface area contributed by atoms with Crippen LogP contribution >= 0.6 is 0 Å². The second kappa shape index (κ2) is 6.96. The minimum Gasteiger partial charge on any atom is -0.432 e. The Bertz CT molecular complexity index is 884. The molecule has 3 heterocycles. The van der Waals surface area contributed by atoms with Gasteiger partial charge in [-0.15, -0.1) is 0 Å². The second-order valence-electron chi connectivity index (χ2n) is 6.61. The van der Waals surface area contributed by atoms with Crippen molar-refractivity contribution in [2.45, 2.75) is 39.5 Å². The van der Waals surface area contributed by atoms with E-state index in [4.69, 9.17) is 9.40 Å². The molecule has 0 saturated carbocycles. The molecular weight excluding hydrogens is 314 g/mol. The number of fused-ring (bicyclic) bond motifs is 4. The van der Waals surface area contributed by atoms with Gasteiger partial charge in [-0.3, -0.25) is 0 Å². The number of pyridine rings is 1. The first-order chi connectivity index (χ1) is 12.3. The highest BCUT2D eigenvalue weighted by Crippen LogP contribution is 2.32. The van der Waals surface area contributed by atoms with Crippen LogP contribution in [0, 0.1) is 0 Å². The molecule has 0 radical (unpaired) electrons. The quantitative estimate of drug-likeness (QED) is 0.742. The number of nitrogens with one attached hydrogen (secondary N) is 1. The van der Waals surface area contributed by atoms with Crippen LogP contribution in [0.1, 0.15) is 37.9 Å². The number of rotatable bonds is 6. The molecule has 0 amide bonds. The summed E-state index contributed by atoms with van der Waals surface area (Å²) in [6.07, 6.45) is 6.21. The summed E-state index contributed by atoms with van der Waals surface area (Å²) in [5.41, 5.74) is 4.78. The molecule has 0 bridgehead atoms. The Hall–Kier alpha value is -2.21. The predicted molar refractivity (Wildman–Crippen MR) is 100 cm³/mol. The second-order valence-corrected chi connectivity index (χ2v) is 6.61. The van der Waals surface area contributed by atoms with Gasteiger partial charge in [0.25, 0.3) is 0 Å². The van der Waals surface area contributed by atoms with Crippen molar-refractivity contribution in [1.82, 2.24) is 19.9 Å². The van der Waals surface area contributed by atoms with E-state index in [1.807, 2.05) is 0 Å². The number of aryl methyl sites for hydroxylation is 2. The first kappa shape index (κ1) is 16.3. The van der Waals surface area contributed by atoms with Crippen molar-refractivity contribution in [3.05, 3.63) is 23.7 Å². The van der Waals surface area contributed by atoms with Gasteiger partial charge in [0.05, 0.1) is 5.39 Å². The third kappa shape index (κ3) is 3.06.